The number of carbonyl (C=O) groups is 1. The first kappa shape index (κ1) is 15.8. The van der Waals surface area contributed by atoms with Crippen molar-refractivity contribution in [1.29, 1.82) is 0 Å². The van der Waals surface area contributed by atoms with E-state index in [1.54, 1.807) is 0 Å². The Morgan fingerprint density at radius 2 is 1.89 bits per heavy atom. The summed E-state index contributed by atoms with van der Waals surface area (Å²) in [6.45, 7) is 4.56. The molecule has 1 amide bonds. The summed E-state index contributed by atoms with van der Waals surface area (Å²) in [5.41, 5.74) is 5.49. The molecule has 1 fully saturated rings. The van der Waals surface area contributed by atoms with Crippen LogP contribution in [0.4, 0.5) is 0 Å². The van der Waals surface area contributed by atoms with E-state index in [9.17, 15) is 4.79 Å². The lowest BCUT2D eigenvalue weighted by Gasteiger charge is -2.30. The number of amides is 1. The zero-order valence-electron chi connectivity index (χ0n) is 12.1. The van der Waals surface area contributed by atoms with E-state index in [0.717, 1.165) is 25.7 Å². The number of amidine groups is 1. The van der Waals surface area contributed by atoms with Crippen LogP contribution in [0.25, 0.3) is 0 Å². The molecule has 0 aromatic rings. The molecule has 0 unspecified atom stereocenters. The van der Waals surface area contributed by atoms with Gasteiger partial charge in [0.15, 0.2) is 0 Å². The van der Waals surface area contributed by atoms with Crippen LogP contribution in [0.1, 0.15) is 58.8 Å². The van der Waals surface area contributed by atoms with Gasteiger partial charge in [-0.1, -0.05) is 30.8 Å². The summed E-state index contributed by atoms with van der Waals surface area (Å²) in [5, 5.41) is 11.5. The molecule has 5 heteroatoms. The van der Waals surface area contributed by atoms with Crippen molar-refractivity contribution in [3.63, 3.8) is 0 Å². The van der Waals surface area contributed by atoms with Gasteiger partial charge in [-0.15, -0.1) is 0 Å². The highest BCUT2D eigenvalue weighted by atomic mass is 16.4. The summed E-state index contributed by atoms with van der Waals surface area (Å²) in [6, 6.07) is 0.155. The maximum atomic E-state index is 12.6. The van der Waals surface area contributed by atoms with Crippen LogP contribution >= 0.6 is 0 Å². The Kier molecular flexibility index (Phi) is 6.67. The number of hydrogen-bond donors (Lipinski definition) is 2. The van der Waals surface area contributed by atoms with Gasteiger partial charge in [0.05, 0.1) is 0 Å². The molecular weight excluding hydrogens is 242 g/mol. The standard InChI is InChI=1S/C14H27N3O2/c1-11(2)17(10-9-13(15)16-19)14(18)12-7-5-3-4-6-8-12/h11-12,19H,3-10H2,1-2H3,(H2,15,16). The van der Waals surface area contributed by atoms with Gasteiger partial charge >= 0.3 is 0 Å². The van der Waals surface area contributed by atoms with Crippen LogP contribution in [-0.2, 0) is 4.79 Å². The molecule has 0 aromatic carbocycles. The molecule has 110 valence electrons. The second kappa shape index (κ2) is 8.02. The third-order valence-electron chi connectivity index (χ3n) is 3.85. The van der Waals surface area contributed by atoms with Gasteiger partial charge in [-0.3, -0.25) is 4.79 Å². The molecule has 19 heavy (non-hydrogen) atoms. The monoisotopic (exact) mass is 269 g/mol. The Morgan fingerprint density at radius 3 is 2.37 bits per heavy atom. The number of nitrogens with zero attached hydrogens (tertiary/aromatic N) is 2. The SMILES string of the molecule is CC(C)N(CC/C(N)=N/O)C(=O)C1CCCCCC1. The van der Waals surface area contributed by atoms with Crippen LogP contribution in [0.2, 0.25) is 0 Å². The minimum Gasteiger partial charge on any atom is -0.409 e. The van der Waals surface area contributed by atoms with Crippen LogP contribution in [0.3, 0.4) is 0 Å². The summed E-state index contributed by atoms with van der Waals surface area (Å²) in [6.07, 6.45) is 7.24. The molecule has 0 atom stereocenters. The summed E-state index contributed by atoms with van der Waals surface area (Å²) in [5.74, 6) is 0.583. The first-order valence-electron chi connectivity index (χ1n) is 7.33. The lowest BCUT2D eigenvalue weighted by molar-refractivity contribution is -0.137. The molecule has 1 aliphatic rings. The fraction of sp³-hybridized carbons (Fsp3) is 0.857. The highest BCUT2D eigenvalue weighted by Gasteiger charge is 2.26. The molecule has 1 rings (SSSR count). The third-order valence-corrected chi connectivity index (χ3v) is 3.85. The number of nitrogens with two attached hydrogens (primary N) is 1. The molecule has 0 saturated heterocycles. The van der Waals surface area contributed by atoms with Crippen LogP contribution in [-0.4, -0.2) is 34.4 Å². The molecule has 1 aliphatic carbocycles. The molecule has 5 nitrogen and oxygen atoms in total. The van der Waals surface area contributed by atoms with Gasteiger partial charge < -0.3 is 15.8 Å². The zero-order chi connectivity index (χ0) is 14.3. The van der Waals surface area contributed by atoms with Crippen molar-refractivity contribution in [2.75, 3.05) is 6.54 Å². The molecule has 0 radical (unpaired) electrons. The minimum absolute atomic E-state index is 0.155. The summed E-state index contributed by atoms with van der Waals surface area (Å²) in [7, 11) is 0. The predicted octanol–water partition coefficient (Wildman–Crippen LogP) is 2.33. The lowest BCUT2D eigenvalue weighted by atomic mass is 9.98. The van der Waals surface area contributed by atoms with Gasteiger partial charge in [-0.05, 0) is 26.7 Å². The van der Waals surface area contributed by atoms with Gasteiger partial charge in [0.2, 0.25) is 5.91 Å². The van der Waals surface area contributed by atoms with E-state index in [4.69, 9.17) is 10.9 Å². The van der Waals surface area contributed by atoms with Crippen LogP contribution in [0.5, 0.6) is 0 Å². The van der Waals surface area contributed by atoms with Crippen LogP contribution in [0, 0.1) is 5.92 Å². The second-order valence-corrected chi connectivity index (χ2v) is 5.66. The Balaban J connectivity index is 2.60. The molecule has 1 saturated carbocycles. The number of hydrogen-bond acceptors (Lipinski definition) is 3. The van der Waals surface area contributed by atoms with Crippen molar-refractivity contribution in [3.05, 3.63) is 0 Å². The van der Waals surface area contributed by atoms with E-state index in [-0.39, 0.29) is 23.7 Å². The molecule has 0 aliphatic heterocycles. The molecule has 0 heterocycles. The van der Waals surface area contributed by atoms with Crippen LogP contribution in [0.15, 0.2) is 5.16 Å². The van der Waals surface area contributed by atoms with Gasteiger partial charge in [0, 0.05) is 24.9 Å². The molecule has 0 bridgehead atoms. The molecule has 0 spiro atoms. The average Bonchev–Trinajstić information content (AvgIpc) is 2.66. The van der Waals surface area contributed by atoms with Crippen molar-refractivity contribution < 1.29 is 10.0 Å². The fourth-order valence-corrected chi connectivity index (χ4v) is 2.67. The number of oxime groups is 1. The van der Waals surface area contributed by atoms with Crippen molar-refractivity contribution in [2.24, 2.45) is 16.8 Å². The average molecular weight is 269 g/mol. The third kappa shape index (κ3) is 5.09. The topological polar surface area (TPSA) is 78.9 Å². The summed E-state index contributed by atoms with van der Waals surface area (Å²) in [4.78, 5) is 14.4. The Bertz CT molecular complexity index is 308. The molecule has 0 aromatic heterocycles. The van der Waals surface area contributed by atoms with E-state index in [1.807, 2.05) is 18.7 Å². The maximum Gasteiger partial charge on any atom is 0.225 e. The predicted molar refractivity (Wildman–Crippen MR) is 76.1 cm³/mol. The first-order valence-corrected chi connectivity index (χ1v) is 7.33. The van der Waals surface area contributed by atoms with E-state index >= 15 is 0 Å². The smallest absolute Gasteiger partial charge is 0.225 e. The molecular formula is C14H27N3O2. The molecule has 3 N–H and O–H groups in total. The Labute approximate surface area is 115 Å². The normalized spacial score (nSPS) is 18.4. The summed E-state index contributed by atoms with van der Waals surface area (Å²) < 4.78 is 0. The second-order valence-electron chi connectivity index (χ2n) is 5.66. The van der Waals surface area contributed by atoms with Crippen molar-refractivity contribution in [2.45, 2.75) is 64.8 Å². The van der Waals surface area contributed by atoms with Crippen molar-refractivity contribution in [1.82, 2.24) is 4.90 Å². The Morgan fingerprint density at radius 1 is 1.32 bits per heavy atom. The van der Waals surface area contributed by atoms with Crippen LogP contribution < -0.4 is 5.73 Å². The largest absolute Gasteiger partial charge is 0.409 e. The first-order chi connectivity index (χ1) is 9.06. The minimum atomic E-state index is 0.155. The lowest BCUT2D eigenvalue weighted by Crippen LogP contribution is -2.42. The van der Waals surface area contributed by atoms with E-state index < -0.39 is 0 Å². The zero-order valence-corrected chi connectivity index (χ0v) is 12.1. The van der Waals surface area contributed by atoms with Gasteiger partial charge in [0.25, 0.3) is 0 Å². The highest BCUT2D eigenvalue weighted by Crippen LogP contribution is 2.25. The Hall–Kier alpha value is -1.26. The maximum absolute atomic E-state index is 12.6. The van der Waals surface area contributed by atoms with Gasteiger partial charge in [-0.2, -0.15) is 0 Å². The van der Waals surface area contributed by atoms with Crippen molar-refractivity contribution in [3.8, 4) is 0 Å². The fourth-order valence-electron chi connectivity index (χ4n) is 2.67. The van der Waals surface area contributed by atoms with E-state index in [1.165, 1.54) is 12.8 Å². The number of carbonyl (C=O) groups excluding carboxylic acids is 1. The van der Waals surface area contributed by atoms with Gasteiger partial charge in [-0.25, -0.2) is 0 Å². The van der Waals surface area contributed by atoms with Crippen molar-refractivity contribution >= 4 is 11.7 Å². The summed E-state index contributed by atoms with van der Waals surface area (Å²) >= 11 is 0. The van der Waals surface area contributed by atoms with E-state index in [0.29, 0.717) is 13.0 Å². The van der Waals surface area contributed by atoms with Gasteiger partial charge in [0.1, 0.15) is 5.84 Å². The number of rotatable bonds is 5. The highest BCUT2D eigenvalue weighted by molar-refractivity contribution is 5.82. The van der Waals surface area contributed by atoms with E-state index in [2.05, 4.69) is 5.16 Å². The quantitative estimate of drug-likeness (QED) is 0.264.